The molecule has 7 nitrogen and oxygen atoms in total. The number of halogens is 1. The number of carbonyl (C=O) groups excluding carboxylic acids is 1. The Balaban J connectivity index is 2.19. The maximum absolute atomic E-state index is 12.7. The summed E-state index contributed by atoms with van der Waals surface area (Å²) in [6.45, 7) is 0.633. The number of benzene rings is 1. The van der Waals surface area contributed by atoms with Crippen LogP contribution in [0.25, 0.3) is 0 Å². The van der Waals surface area contributed by atoms with Gasteiger partial charge in [0.2, 0.25) is 15.9 Å². The number of aromatic carboxylic acids is 1. The summed E-state index contributed by atoms with van der Waals surface area (Å²) in [5, 5.41) is 8.84. The highest BCUT2D eigenvalue weighted by atomic mass is 35.5. The number of carboxylic acid groups (broad SMARTS) is 1. The smallest absolute Gasteiger partial charge is 0.337 e. The molecule has 1 aliphatic heterocycles. The van der Waals surface area contributed by atoms with Crippen LogP contribution in [0.1, 0.15) is 36.0 Å². The van der Waals surface area contributed by atoms with Crippen molar-refractivity contribution in [1.29, 1.82) is 0 Å². The fraction of sp³-hybridized carbons (Fsp3) is 0.467. The summed E-state index contributed by atoms with van der Waals surface area (Å²) in [6, 6.07) is 3.59. The van der Waals surface area contributed by atoms with Crippen molar-refractivity contribution in [2.45, 2.75) is 30.6 Å². The van der Waals surface area contributed by atoms with Crippen LogP contribution in [-0.2, 0) is 14.8 Å². The second-order valence-corrected chi connectivity index (χ2v) is 8.16. The van der Waals surface area contributed by atoms with Crippen LogP contribution < -0.4 is 5.73 Å². The highest BCUT2D eigenvalue weighted by molar-refractivity contribution is 7.89. The van der Waals surface area contributed by atoms with Gasteiger partial charge in [0, 0.05) is 19.5 Å². The molecule has 0 radical (unpaired) electrons. The fourth-order valence-corrected chi connectivity index (χ4v) is 4.69. The molecule has 1 heterocycles. The Kier molecular flexibility index (Phi) is 5.84. The van der Waals surface area contributed by atoms with Gasteiger partial charge in [0.1, 0.15) is 0 Å². The van der Waals surface area contributed by atoms with Crippen molar-refractivity contribution in [3.63, 3.8) is 0 Å². The lowest BCUT2D eigenvalue weighted by molar-refractivity contribution is -0.119. The van der Waals surface area contributed by atoms with Gasteiger partial charge in [-0.25, -0.2) is 13.2 Å². The van der Waals surface area contributed by atoms with Crippen LogP contribution in [0.15, 0.2) is 23.1 Å². The van der Waals surface area contributed by atoms with E-state index in [1.807, 2.05) is 0 Å². The topological polar surface area (TPSA) is 118 Å². The molecule has 0 aromatic heterocycles. The Morgan fingerprint density at radius 3 is 2.58 bits per heavy atom. The first-order valence-corrected chi connectivity index (χ1v) is 9.35. The van der Waals surface area contributed by atoms with E-state index >= 15 is 0 Å². The molecule has 1 unspecified atom stereocenters. The second-order valence-electron chi connectivity index (χ2n) is 5.82. The minimum absolute atomic E-state index is 0.0362. The van der Waals surface area contributed by atoms with E-state index in [0.29, 0.717) is 25.9 Å². The Bertz CT molecular complexity index is 750. The SMILES string of the molecule is NC(=O)CC1CCCN(S(=O)(=O)c2ccc(C(=O)O)c(Cl)c2)CC1. The third kappa shape index (κ3) is 4.25. The van der Waals surface area contributed by atoms with Gasteiger partial charge in [-0.2, -0.15) is 4.31 Å². The van der Waals surface area contributed by atoms with E-state index in [1.54, 1.807) is 0 Å². The maximum atomic E-state index is 12.7. The van der Waals surface area contributed by atoms with Crippen LogP contribution in [-0.4, -0.2) is 42.8 Å². The van der Waals surface area contributed by atoms with Gasteiger partial charge in [-0.1, -0.05) is 11.6 Å². The maximum Gasteiger partial charge on any atom is 0.337 e. The van der Waals surface area contributed by atoms with E-state index < -0.39 is 16.0 Å². The lowest BCUT2D eigenvalue weighted by Gasteiger charge is -2.20. The predicted octanol–water partition coefficient (Wildman–Crippen LogP) is 1.70. The molecule has 0 aliphatic carbocycles. The van der Waals surface area contributed by atoms with Crippen LogP contribution in [0.5, 0.6) is 0 Å². The molecule has 132 valence electrons. The summed E-state index contributed by atoms with van der Waals surface area (Å²) in [7, 11) is -3.76. The molecule has 0 saturated carbocycles. The summed E-state index contributed by atoms with van der Waals surface area (Å²) >= 11 is 5.87. The first kappa shape index (κ1) is 18.7. The van der Waals surface area contributed by atoms with Gasteiger partial charge < -0.3 is 10.8 Å². The average molecular weight is 375 g/mol. The highest BCUT2D eigenvalue weighted by Gasteiger charge is 2.28. The van der Waals surface area contributed by atoms with Gasteiger partial charge in [0.15, 0.2) is 0 Å². The Labute approximate surface area is 145 Å². The summed E-state index contributed by atoms with van der Waals surface area (Å²) < 4.78 is 26.8. The van der Waals surface area contributed by atoms with Crippen LogP contribution >= 0.6 is 11.6 Å². The predicted molar refractivity (Wildman–Crippen MR) is 88.3 cm³/mol. The van der Waals surface area contributed by atoms with E-state index in [2.05, 4.69) is 0 Å². The molecular weight excluding hydrogens is 356 g/mol. The summed E-state index contributed by atoms with van der Waals surface area (Å²) in [6.07, 6.45) is 2.20. The van der Waals surface area contributed by atoms with E-state index in [-0.39, 0.29) is 33.7 Å². The molecule has 1 amide bonds. The number of hydrogen-bond acceptors (Lipinski definition) is 4. The molecule has 24 heavy (non-hydrogen) atoms. The van der Waals surface area contributed by atoms with Crippen molar-refractivity contribution in [2.75, 3.05) is 13.1 Å². The standard InChI is InChI=1S/C15H19ClN2O5S/c16-13-9-11(3-4-12(13)15(20)21)24(22,23)18-6-1-2-10(5-7-18)8-14(17)19/h3-4,9-10H,1-2,5-8H2,(H2,17,19)(H,20,21). The van der Waals surface area contributed by atoms with Gasteiger partial charge in [-0.3, -0.25) is 4.79 Å². The van der Waals surface area contributed by atoms with Crippen molar-refractivity contribution in [3.8, 4) is 0 Å². The number of amides is 1. The Morgan fingerprint density at radius 2 is 2.00 bits per heavy atom. The minimum atomic E-state index is -3.76. The van der Waals surface area contributed by atoms with Crippen LogP contribution in [0, 0.1) is 5.92 Å². The number of carbonyl (C=O) groups is 2. The molecule has 1 fully saturated rings. The van der Waals surface area contributed by atoms with Crippen molar-refractivity contribution in [2.24, 2.45) is 11.7 Å². The first-order chi connectivity index (χ1) is 11.2. The zero-order valence-electron chi connectivity index (χ0n) is 12.9. The molecule has 1 atom stereocenters. The van der Waals surface area contributed by atoms with Crippen molar-refractivity contribution in [3.05, 3.63) is 28.8 Å². The van der Waals surface area contributed by atoms with E-state index in [0.717, 1.165) is 12.5 Å². The third-order valence-corrected chi connectivity index (χ3v) is 6.31. The molecule has 1 aromatic carbocycles. The average Bonchev–Trinajstić information content (AvgIpc) is 2.72. The molecule has 3 N–H and O–H groups in total. The van der Waals surface area contributed by atoms with Crippen LogP contribution in [0.2, 0.25) is 5.02 Å². The largest absolute Gasteiger partial charge is 0.478 e. The van der Waals surface area contributed by atoms with Crippen molar-refractivity contribution >= 4 is 33.5 Å². The van der Waals surface area contributed by atoms with Crippen molar-refractivity contribution in [1.82, 2.24) is 4.31 Å². The molecule has 1 aromatic rings. The van der Waals surface area contributed by atoms with Gasteiger partial charge in [0.05, 0.1) is 15.5 Å². The minimum Gasteiger partial charge on any atom is -0.478 e. The number of rotatable bonds is 5. The zero-order valence-corrected chi connectivity index (χ0v) is 14.5. The quantitative estimate of drug-likeness (QED) is 0.813. The normalized spacial score (nSPS) is 19.6. The summed E-state index contributed by atoms with van der Waals surface area (Å²) in [5.74, 6) is -1.51. The first-order valence-electron chi connectivity index (χ1n) is 7.53. The Morgan fingerprint density at radius 1 is 1.29 bits per heavy atom. The highest BCUT2D eigenvalue weighted by Crippen LogP contribution is 2.27. The Hall–Kier alpha value is -1.64. The summed E-state index contributed by atoms with van der Waals surface area (Å²) in [5.41, 5.74) is 5.06. The fourth-order valence-electron chi connectivity index (χ4n) is 2.85. The van der Waals surface area contributed by atoms with Crippen molar-refractivity contribution < 1.29 is 23.1 Å². The lowest BCUT2D eigenvalue weighted by Crippen LogP contribution is -2.32. The number of hydrogen-bond donors (Lipinski definition) is 2. The lowest BCUT2D eigenvalue weighted by atomic mass is 9.97. The molecule has 9 heteroatoms. The third-order valence-electron chi connectivity index (χ3n) is 4.11. The van der Waals surface area contributed by atoms with Gasteiger partial charge in [-0.05, 0) is 43.4 Å². The van der Waals surface area contributed by atoms with E-state index in [4.69, 9.17) is 22.4 Å². The number of carboxylic acids is 1. The van der Waals surface area contributed by atoms with Crippen LogP contribution in [0.4, 0.5) is 0 Å². The number of nitrogens with two attached hydrogens (primary N) is 1. The molecule has 0 spiro atoms. The molecular formula is C15H19ClN2O5S. The van der Waals surface area contributed by atoms with Gasteiger partial charge >= 0.3 is 5.97 Å². The molecule has 1 saturated heterocycles. The van der Waals surface area contributed by atoms with Crippen LogP contribution in [0.3, 0.4) is 0 Å². The number of sulfonamides is 1. The molecule has 1 aliphatic rings. The number of nitrogens with zero attached hydrogens (tertiary/aromatic N) is 1. The second kappa shape index (κ2) is 7.50. The van der Waals surface area contributed by atoms with E-state index in [1.165, 1.54) is 16.4 Å². The monoisotopic (exact) mass is 374 g/mol. The molecule has 0 bridgehead atoms. The molecule has 2 rings (SSSR count). The summed E-state index contributed by atoms with van der Waals surface area (Å²) in [4.78, 5) is 22.0. The zero-order chi connectivity index (χ0) is 17.9. The van der Waals surface area contributed by atoms with Gasteiger partial charge in [-0.15, -0.1) is 0 Å². The van der Waals surface area contributed by atoms with E-state index in [9.17, 15) is 18.0 Å². The van der Waals surface area contributed by atoms with Gasteiger partial charge in [0.25, 0.3) is 0 Å². The number of primary amides is 1.